The molecule has 1 aliphatic rings. The van der Waals surface area contributed by atoms with Gasteiger partial charge in [0.05, 0.1) is 5.92 Å². The third-order valence-corrected chi connectivity index (χ3v) is 6.08. The van der Waals surface area contributed by atoms with Gasteiger partial charge in [-0.2, -0.15) is 11.3 Å². The number of likely N-dealkylation sites (tertiary alicyclic amines) is 1. The number of carbonyl (C=O) groups excluding carboxylic acids is 2. The Balaban J connectivity index is 1.48. The molecule has 7 heteroatoms. The summed E-state index contributed by atoms with van der Waals surface area (Å²) in [5.74, 6) is -0.00457. The third kappa shape index (κ3) is 6.11. The van der Waals surface area contributed by atoms with E-state index >= 15 is 0 Å². The van der Waals surface area contributed by atoms with Crippen molar-refractivity contribution in [2.75, 3.05) is 26.7 Å². The van der Waals surface area contributed by atoms with E-state index in [-0.39, 0.29) is 23.8 Å². The van der Waals surface area contributed by atoms with Crippen LogP contribution in [0.1, 0.15) is 40.0 Å². The first kappa shape index (κ1) is 21.5. The molecule has 2 amide bonds. The summed E-state index contributed by atoms with van der Waals surface area (Å²) in [4.78, 5) is 31.6. The average molecular weight is 415 g/mol. The Kier molecular flexibility index (Phi) is 7.39. The molecule has 3 heterocycles. The minimum atomic E-state index is -0.0601. The number of pyridine rings is 1. The van der Waals surface area contributed by atoms with Gasteiger partial charge in [0.1, 0.15) is 0 Å². The highest BCUT2D eigenvalue weighted by Gasteiger charge is 2.27. The number of amides is 2. The average Bonchev–Trinajstić information content (AvgIpc) is 3.15. The van der Waals surface area contributed by atoms with Crippen molar-refractivity contribution in [3.63, 3.8) is 0 Å². The molecule has 0 aromatic carbocycles. The molecule has 1 fully saturated rings. The lowest BCUT2D eigenvalue weighted by molar-refractivity contribution is -0.125. The van der Waals surface area contributed by atoms with Crippen LogP contribution in [0.25, 0.3) is 0 Å². The van der Waals surface area contributed by atoms with Crippen molar-refractivity contribution in [1.82, 2.24) is 20.5 Å². The number of nitrogens with zero attached hydrogens (tertiary/aromatic N) is 2. The first-order chi connectivity index (χ1) is 13.9. The van der Waals surface area contributed by atoms with Gasteiger partial charge in [-0.25, -0.2) is 0 Å². The molecular formula is C22H30N4O2S. The van der Waals surface area contributed by atoms with Crippen LogP contribution in [0.3, 0.4) is 0 Å². The Morgan fingerprint density at radius 2 is 2.10 bits per heavy atom. The molecule has 156 valence electrons. The highest BCUT2D eigenvalue weighted by atomic mass is 32.1. The van der Waals surface area contributed by atoms with E-state index in [1.54, 1.807) is 0 Å². The smallest absolute Gasteiger partial charge is 0.252 e. The van der Waals surface area contributed by atoms with Crippen LogP contribution >= 0.6 is 11.3 Å². The zero-order valence-corrected chi connectivity index (χ0v) is 18.2. The molecule has 3 rings (SSSR count). The topological polar surface area (TPSA) is 74.3 Å². The summed E-state index contributed by atoms with van der Waals surface area (Å²) in [6, 6.07) is 4.01. The zero-order chi connectivity index (χ0) is 20.8. The molecule has 29 heavy (non-hydrogen) atoms. The van der Waals surface area contributed by atoms with Crippen molar-refractivity contribution in [3.05, 3.63) is 51.5 Å². The number of likely N-dealkylation sites (N-methyl/N-ethyl adjacent to an activating group) is 1. The highest BCUT2D eigenvalue weighted by molar-refractivity contribution is 7.08. The van der Waals surface area contributed by atoms with E-state index in [0.717, 1.165) is 42.6 Å². The van der Waals surface area contributed by atoms with Gasteiger partial charge in [0.25, 0.3) is 5.91 Å². The summed E-state index contributed by atoms with van der Waals surface area (Å²) in [5, 5.41) is 9.95. The Labute approximate surface area is 176 Å². The van der Waals surface area contributed by atoms with Crippen LogP contribution in [-0.2, 0) is 11.2 Å². The molecule has 0 aliphatic carbocycles. The number of carbonyl (C=O) groups is 2. The van der Waals surface area contributed by atoms with Crippen molar-refractivity contribution in [2.24, 2.45) is 5.92 Å². The number of hydrogen-bond acceptors (Lipinski definition) is 5. The van der Waals surface area contributed by atoms with Crippen molar-refractivity contribution < 1.29 is 9.59 Å². The van der Waals surface area contributed by atoms with E-state index in [0.29, 0.717) is 18.7 Å². The largest absolute Gasteiger partial charge is 0.355 e. The Morgan fingerprint density at radius 1 is 1.28 bits per heavy atom. The van der Waals surface area contributed by atoms with Crippen LogP contribution in [0, 0.1) is 19.8 Å². The summed E-state index contributed by atoms with van der Waals surface area (Å²) in [5.41, 5.74) is 4.05. The Bertz CT molecular complexity index is 837. The minimum Gasteiger partial charge on any atom is -0.355 e. The fourth-order valence-corrected chi connectivity index (χ4v) is 4.50. The van der Waals surface area contributed by atoms with Gasteiger partial charge in [-0.05, 0) is 56.3 Å². The number of rotatable bonds is 6. The molecule has 0 radical (unpaired) electrons. The monoisotopic (exact) mass is 414 g/mol. The Hall–Kier alpha value is -2.25. The summed E-state index contributed by atoms with van der Waals surface area (Å²) in [6.45, 7) is 6.14. The molecule has 2 N–H and O–H groups in total. The molecular weight excluding hydrogens is 384 g/mol. The van der Waals surface area contributed by atoms with Crippen molar-refractivity contribution in [1.29, 1.82) is 0 Å². The second-order valence-corrected chi connectivity index (χ2v) is 8.78. The van der Waals surface area contributed by atoms with Gasteiger partial charge in [0.2, 0.25) is 5.91 Å². The van der Waals surface area contributed by atoms with Gasteiger partial charge in [0.15, 0.2) is 0 Å². The number of hydrogen-bond donors (Lipinski definition) is 2. The maximum atomic E-state index is 12.7. The number of aryl methyl sites for hydroxylation is 2. The first-order valence-electron chi connectivity index (χ1n) is 10.1. The van der Waals surface area contributed by atoms with Gasteiger partial charge >= 0.3 is 0 Å². The molecule has 1 aliphatic heterocycles. The summed E-state index contributed by atoms with van der Waals surface area (Å²) in [6.07, 6.45) is 4.18. The van der Waals surface area contributed by atoms with Gasteiger partial charge in [-0.1, -0.05) is 6.07 Å². The SMILES string of the molecule is Cc1cnc(CCNC(=O)[C@@H]2CC[C@H](NC(=O)c3ccsc3)CN(C)C2)c(C)c1. The van der Waals surface area contributed by atoms with Crippen LogP contribution in [0.4, 0.5) is 0 Å². The lowest BCUT2D eigenvalue weighted by atomic mass is 10.0. The molecule has 0 unspecified atom stereocenters. The fourth-order valence-electron chi connectivity index (χ4n) is 3.86. The van der Waals surface area contributed by atoms with Crippen LogP contribution in [-0.4, -0.2) is 54.4 Å². The highest BCUT2D eigenvalue weighted by Crippen LogP contribution is 2.17. The predicted molar refractivity (Wildman–Crippen MR) is 116 cm³/mol. The standard InChI is InChI=1S/C22H30N4O2S/c1-15-10-16(2)20(24-11-15)6-8-23-21(27)17-4-5-19(13-26(3)12-17)25-22(28)18-7-9-29-14-18/h7,9-11,14,17,19H,4-6,8,12-13H2,1-3H3,(H,23,27)(H,25,28)/t17-,19+/m1/s1. The molecule has 1 saturated heterocycles. The molecule has 0 spiro atoms. The molecule has 0 saturated carbocycles. The normalized spacial score (nSPS) is 20.1. The van der Waals surface area contributed by atoms with Crippen molar-refractivity contribution in [2.45, 2.75) is 39.2 Å². The molecule has 2 aromatic rings. The minimum absolute atomic E-state index is 0.0338. The Morgan fingerprint density at radius 3 is 2.83 bits per heavy atom. The molecule has 6 nitrogen and oxygen atoms in total. The summed E-state index contributed by atoms with van der Waals surface area (Å²) >= 11 is 1.52. The van der Waals surface area contributed by atoms with E-state index in [2.05, 4.69) is 33.5 Å². The maximum absolute atomic E-state index is 12.7. The number of aromatic nitrogens is 1. The number of thiophene rings is 1. The van der Waals surface area contributed by atoms with Gasteiger partial charge < -0.3 is 15.5 Å². The maximum Gasteiger partial charge on any atom is 0.252 e. The van der Waals surface area contributed by atoms with E-state index in [1.807, 2.05) is 37.0 Å². The predicted octanol–water partition coefficient (Wildman–Crippen LogP) is 2.56. The van der Waals surface area contributed by atoms with E-state index in [1.165, 1.54) is 11.3 Å². The second-order valence-electron chi connectivity index (χ2n) is 8.00. The lowest BCUT2D eigenvalue weighted by Gasteiger charge is -2.21. The number of nitrogens with one attached hydrogen (secondary N) is 2. The van der Waals surface area contributed by atoms with Crippen molar-refractivity contribution in [3.8, 4) is 0 Å². The van der Waals surface area contributed by atoms with E-state index < -0.39 is 0 Å². The lowest BCUT2D eigenvalue weighted by Crippen LogP contribution is -2.42. The third-order valence-electron chi connectivity index (χ3n) is 5.40. The van der Waals surface area contributed by atoms with E-state index in [4.69, 9.17) is 0 Å². The van der Waals surface area contributed by atoms with Crippen LogP contribution in [0.5, 0.6) is 0 Å². The molecule has 2 atom stereocenters. The van der Waals surface area contributed by atoms with Gasteiger partial charge in [-0.3, -0.25) is 14.6 Å². The molecule has 2 aromatic heterocycles. The first-order valence-corrected chi connectivity index (χ1v) is 11.1. The quantitative estimate of drug-likeness (QED) is 0.762. The van der Waals surface area contributed by atoms with Crippen LogP contribution in [0.2, 0.25) is 0 Å². The summed E-state index contributed by atoms with van der Waals surface area (Å²) < 4.78 is 0. The van der Waals surface area contributed by atoms with Crippen LogP contribution in [0.15, 0.2) is 29.1 Å². The fraction of sp³-hybridized carbons (Fsp3) is 0.500. The van der Waals surface area contributed by atoms with Crippen molar-refractivity contribution >= 4 is 23.2 Å². The molecule has 0 bridgehead atoms. The van der Waals surface area contributed by atoms with Gasteiger partial charge in [-0.15, -0.1) is 0 Å². The summed E-state index contributed by atoms with van der Waals surface area (Å²) in [7, 11) is 2.01. The second kappa shape index (κ2) is 9.98. The van der Waals surface area contributed by atoms with Crippen LogP contribution < -0.4 is 10.6 Å². The van der Waals surface area contributed by atoms with Gasteiger partial charge in [0, 0.05) is 54.9 Å². The zero-order valence-electron chi connectivity index (χ0n) is 17.4. The van der Waals surface area contributed by atoms with E-state index in [9.17, 15) is 9.59 Å².